The summed E-state index contributed by atoms with van der Waals surface area (Å²) < 4.78 is 18.8. The first kappa shape index (κ1) is 17.4. The normalized spacial score (nSPS) is 14.0. The standard InChI is InChI=1S/C20H23FN2O2/c1-25-17-7-8-18(19(21)13-17)20(24)22-10-4-11-23-12-9-15-5-2-3-6-16(15)14-23/h2-3,5-8,13H,4,9-12,14H2,1H3,(H,22,24). The van der Waals surface area contributed by atoms with Gasteiger partial charge in [0.1, 0.15) is 11.6 Å². The molecule has 5 heteroatoms. The first-order chi connectivity index (χ1) is 12.2. The van der Waals surface area contributed by atoms with Gasteiger partial charge < -0.3 is 10.1 Å². The zero-order chi connectivity index (χ0) is 17.6. The molecule has 1 N–H and O–H groups in total. The van der Waals surface area contributed by atoms with Gasteiger partial charge in [0.15, 0.2) is 0 Å². The molecule has 0 atom stereocenters. The number of hydrogen-bond acceptors (Lipinski definition) is 3. The Bertz CT molecular complexity index is 748. The number of methoxy groups -OCH3 is 1. The molecule has 2 aromatic rings. The molecule has 4 nitrogen and oxygen atoms in total. The summed E-state index contributed by atoms with van der Waals surface area (Å²) in [5.41, 5.74) is 2.87. The summed E-state index contributed by atoms with van der Waals surface area (Å²) >= 11 is 0. The summed E-state index contributed by atoms with van der Waals surface area (Å²) in [6, 6.07) is 12.8. The Labute approximate surface area is 147 Å². The van der Waals surface area contributed by atoms with Crippen LogP contribution >= 0.6 is 0 Å². The van der Waals surface area contributed by atoms with E-state index in [1.807, 2.05) is 0 Å². The molecule has 2 aromatic carbocycles. The Morgan fingerprint density at radius 1 is 1.24 bits per heavy atom. The van der Waals surface area contributed by atoms with Crippen LogP contribution in [0.5, 0.6) is 5.75 Å². The topological polar surface area (TPSA) is 41.6 Å². The lowest BCUT2D eigenvalue weighted by Crippen LogP contribution is -2.33. The minimum absolute atomic E-state index is 0.0488. The first-order valence-electron chi connectivity index (χ1n) is 8.58. The number of fused-ring (bicyclic) bond motifs is 1. The van der Waals surface area contributed by atoms with Crippen LogP contribution in [0.1, 0.15) is 27.9 Å². The maximum absolute atomic E-state index is 13.9. The van der Waals surface area contributed by atoms with Crippen molar-refractivity contribution < 1.29 is 13.9 Å². The first-order valence-corrected chi connectivity index (χ1v) is 8.58. The molecule has 25 heavy (non-hydrogen) atoms. The number of carbonyl (C=O) groups excluding carboxylic acids is 1. The average molecular weight is 342 g/mol. The molecule has 1 heterocycles. The van der Waals surface area contributed by atoms with E-state index in [4.69, 9.17) is 4.74 Å². The van der Waals surface area contributed by atoms with Crippen molar-refractivity contribution in [3.8, 4) is 5.75 Å². The van der Waals surface area contributed by atoms with Gasteiger partial charge in [0, 0.05) is 32.2 Å². The van der Waals surface area contributed by atoms with Crippen molar-refractivity contribution in [2.24, 2.45) is 0 Å². The molecule has 3 rings (SSSR count). The molecule has 0 aromatic heterocycles. The maximum atomic E-state index is 13.9. The number of ether oxygens (including phenoxy) is 1. The van der Waals surface area contributed by atoms with E-state index in [9.17, 15) is 9.18 Å². The van der Waals surface area contributed by atoms with E-state index in [0.29, 0.717) is 12.3 Å². The van der Waals surface area contributed by atoms with Crippen LogP contribution in [0.15, 0.2) is 42.5 Å². The largest absolute Gasteiger partial charge is 0.497 e. The summed E-state index contributed by atoms with van der Waals surface area (Å²) in [7, 11) is 1.47. The van der Waals surface area contributed by atoms with Gasteiger partial charge in [-0.25, -0.2) is 4.39 Å². The van der Waals surface area contributed by atoms with Crippen LogP contribution in [0.25, 0.3) is 0 Å². The number of benzene rings is 2. The number of halogens is 1. The summed E-state index contributed by atoms with van der Waals surface area (Å²) in [4.78, 5) is 14.5. The van der Waals surface area contributed by atoms with Gasteiger partial charge in [-0.1, -0.05) is 24.3 Å². The van der Waals surface area contributed by atoms with Crippen molar-refractivity contribution in [2.75, 3.05) is 26.7 Å². The number of nitrogens with one attached hydrogen (secondary N) is 1. The van der Waals surface area contributed by atoms with Crippen LogP contribution < -0.4 is 10.1 Å². The van der Waals surface area contributed by atoms with E-state index >= 15 is 0 Å². The minimum atomic E-state index is -0.565. The van der Waals surface area contributed by atoms with Gasteiger partial charge in [0.2, 0.25) is 0 Å². The van der Waals surface area contributed by atoms with Gasteiger partial charge >= 0.3 is 0 Å². The Morgan fingerprint density at radius 3 is 2.80 bits per heavy atom. The third kappa shape index (κ3) is 4.37. The number of nitrogens with zero attached hydrogens (tertiary/aromatic N) is 1. The molecule has 1 amide bonds. The molecular weight excluding hydrogens is 319 g/mol. The zero-order valence-corrected chi connectivity index (χ0v) is 14.4. The number of hydrogen-bond donors (Lipinski definition) is 1. The second kappa shape index (κ2) is 8.12. The molecule has 1 aliphatic heterocycles. The van der Waals surface area contributed by atoms with E-state index in [1.54, 1.807) is 6.07 Å². The smallest absolute Gasteiger partial charge is 0.254 e. The molecule has 132 valence electrons. The molecule has 0 unspecified atom stereocenters. The van der Waals surface area contributed by atoms with E-state index < -0.39 is 5.82 Å². The molecule has 0 fully saturated rings. The fraction of sp³-hybridized carbons (Fsp3) is 0.350. The molecule has 1 aliphatic rings. The third-order valence-electron chi connectivity index (χ3n) is 4.57. The predicted octanol–water partition coefficient (Wildman–Crippen LogP) is 3.01. The lowest BCUT2D eigenvalue weighted by molar-refractivity contribution is 0.0947. The van der Waals surface area contributed by atoms with Gasteiger partial charge in [0.05, 0.1) is 12.7 Å². The van der Waals surface area contributed by atoms with Crippen LogP contribution in [0, 0.1) is 5.82 Å². The van der Waals surface area contributed by atoms with Gasteiger partial charge in [-0.3, -0.25) is 9.69 Å². The monoisotopic (exact) mass is 342 g/mol. The fourth-order valence-corrected chi connectivity index (χ4v) is 3.15. The van der Waals surface area contributed by atoms with Gasteiger partial charge in [0.25, 0.3) is 5.91 Å². The molecule has 0 radical (unpaired) electrons. The number of carbonyl (C=O) groups is 1. The highest BCUT2D eigenvalue weighted by molar-refractivity contribution is 5.94. The van der Waals surface area contributed by atoms with Crippen LogP contribution in [0.2, 0.25) is 0 Å². The number of amides is 1. The lowest BCUT2D eigenvalue weighted by atomic mass is 10.00. The fourth-order valence-electron chi connectivity index (χ4n) is 3.15. The maximum Gasteiger partial charge on any atom is 0.254 e. The van der Waals surface area contributed by atoms with Gasteiger partial charge in [-0.05, 0) is 36.1 Å². The quantitative estimate of drug-likeness (QED) is 0.821. The van der Waals surface area contributed by atoms with Gasteiger partial charge in [-0.2, -0.15) is 0 Å². The average Bonchev–Trinajstić information content (AvgIpc) is 2.64. The summed E-state index contributed by atoms with van der Waals surface area (Å²) in [5.74, 6) is -0.548. The van der Waals surface area contributed by atoms with Gasteiger partial charge in [-0.15, -0.1) is 0 Å². The van der Waals surface area contributed by atoms with Crippen LogP contribution in [0.3, 0.4) is 0 Å². The Morgan fingerprint density at radius 2 is 2.04 bits per heavy atom. The Kier molecular flexibility index (Phi) is 5.66. The summed E-state index contributed by atoms with van der Waals surface area (Å²) in [6.45, 7) is 3.44. The van der Waals surface area contributed by atoms with Crippen molar-refractivity contribution in [3.05, 3.63) is 65.0 Å². The van der Waals surface area contributed by atoms with E-state index in [1.165, 1.54) is 30.4 Å². The highest BCUT2D eigenvalue weighted by atomic mass is 19.1. The van der Waals surface area contributed by atoms with Crippen molar-refractivity contribution >= 4 is 5.91 Å². The van der Waals surface area contributed by atoms with E-state index in [-0.39, 0.29) is 11.5 Å². The minimum Gasteiger partial charge on any atom is -0.497 e. The summed E-state index contributed by atoms with van der Waals surface area (Å²) in [5, 5.41) is 2.79. The van der Waals surface area contributed by atoms with Crippen LogP contribution in [0.4, 0.5) is 4.39 Å². The molecule has 0 saturated heterocycles. The van der Waals surface area contributed by atoms with Crippen molar-refractivity contribution in [1.82, 2.24) is 10.2 Å². The van der Waals surface area contributed by atoms with Crippen LogP contribution in [-0.2, 0) is 13.0 Å². The molecule has 0 aliphatic carbocycles. The SMILES string of the molecule is COc1ccc(C(=O)NCCCN2CCc3ccccc3C2)c(F)c1. The van der Waals surface area contributed by atoms with E-state index in [0.717, 1.165) is 32.5 Å². The number of rotatable bonds is 6. The van der Waals surface area contributed by atoms with Crippen LogP contribution in [-0.4, -0.2) is 37.6 Å². The highest BCUT2D eigenvalue weighted by Crippen LogP contribution is 2.18. The summed E-state index contributed by atoms with van der Waals surface area (Å²) in [6.07, 6.45) is 1.91. The second-order valence-electron chi connectivity index (χ2n) is 6.25. The Hall–Kier alpha value is -2.40. The molecule has 0 saturated carbocycles. The van der Waals surface area contributed by atoms with Crippen molar-refractivity contribution in [2.45, 2.75) is 19.4 Å². The predicted molar refractivity (Wildman–Crippen MR) is 95.3 cm³/mol. The third-order valence-corrected chi connectivity index (χ3v) is 4.57. The zero-order valence-electron chi connectivity index (χ0n) is 14.4. The molecule has 0 spiro atoms. The second-order valence-corrected chi connectivity index (χ2v) is 6.25. The Balaban J connectivity index is 1.44. The van der Waals surface area contributed by atoms with Crippen molar-refractivity contribution in [3.63, 3.8) is 0 Å². The van der Waals surface area contributed by atoms with Crippen molar-refractivity contribution in [1.29, 1.82) is 0 Å². The molecule has 0 bridgehead atoms. The highest BCUT2D eigenvalue weighted by Gasteiger charge is 2.16. The lowest BCUT2D eigenvalue weighted by Gasteiger charge is -2.28. The van der Waals surface area contributed by atoms with E-state index in [2.05, 4.69) is 34.5 Å². The molecular formula is C20H23FN2O2.